The van der Waals surface area contributed by atoms with Crippen LogP contribution in [0.1, 0.15) is 23.2 Å². The monoisotopic (exact) mass is 243 g/mol. The molecule has 0 bridgehead atoms. The van der Waals surface area contributed by atoms with Crippen LogP contribution in [-0.2, 0) is 4.74 Å². The summed E-state index contributed by atoms with van der Waals surface area (Å²) in [6.45, 7) is 1.84. The van der Waals surface area contributed by atoms with Gasteiger partial charge in [-0.2, -0.15) is 0 Å². The molecule has 94 valence electrons. The third-order valence-corrected chi connectivity index (χ3v) is 3.15. The van der Waals surface area contributed by atoms with Gasteiger partial charge in [-0.05, 0) is 25.0 Å². The minimum absolute atomic E-state index is 0.103. The van der Waals surface area contributed by atoms with Crippen molar-refractivity contribution in [1.29, 1.82) is 0 Å². The molecule has 1 aromatic rings. The molecule has 1 amide bonds. The van der Waals surface area contributed by atoms with Gasteiger partial charge in [0, 0.05) is 18.7 Å². The predicted molar refractivity (Wildman–Crippen MR) is 70.2 cm³/mol. The number of terminal acetylenes is 1. The second kappa shape index (κ2) is 6.23. The van der Waals surface area contributed by atoms with Gasteiger partial charge in [-0.25, -0.2) is 0 Å². The Balaban J connectivity index is 1.87. The molecule has 3 nitrogen and oxygen atoms in total. The Bertz CT molecular complexity index is 428. The zero-order valence-corrected chi connectivity index (χ0v) is 10.3. The van der Waals surface area contributed by atoms with E-state index in [1.54, 1.807) is 0 Å². The van der Waals surface area contributed by atoms with Crippen LogP contribution in [0.5, 0.6) is 0 Å². The SMILES string of the molecule is C#CCOC1CCN(C(=O)c2ccccc2)CC1. The smallest absolute Gasteiger partial charge is 0.253 e. The molecule has 1 aliphatic rings. The van der Waals surface area contributed by atoms with E-state index in [9.17, 15) is 4.79 Å². The maximum atomic E-state index is 12.2. The van der Waals surface area contributed by atoms with Crippen LogP contribution < -0.4 is 0 Å². The van der Waals surface area contributed by atoms with E-state index in [-0.39, 0.29) is 12.0 Å². The van der Waals surface area contributed by atoms with E-state index in [0.717, 1.165) is 31.5 Å². The van der Waals surface area contributed by atoms with Crippen LogP contribution in [0.3, 0.4) is 0 Å². The van der Waals surface area contributed by atoms with Crippen LogP contribution in [0.15, 0.2) is 30.3 Å². The van der Waals surface area contributed by atoms with E-state index in [2.05, 4.69) is 5.92 Å². The van der Waals surface area contributed by atoms with Gasteiger partial charge in [0.05, 0.1) is 6.10 Å². The summed E-state index contributed by atoms with van der Waals surface area (Å²) in [4.78, 5) is 14.1. The summed E-state index contributed by atoms with van der Waals surface area (Å²) in [6.07, 6.45) is 7.08. The second-order valence-corrected chi connectivity index (χ2v) is 4.37. The second-order valence-electron chi connectivity index (χ2n) is 4.37. The normalized spacial score (nSPS) is 16.3. The fourth-order valence-corrected chi connectivity index (χ4v) is 2.15. The highest BCUT2D eigenvalue weighted by molar-refractivity contribution is 5.94. The maximum absolute atomic E-state index is 12.2. The maximum Gasteiger partial charge on any atom is 0.253 e. The lowest BCUT2D eigenvalue weighted by atomic mass is 10.1. The number of amides is 1. The number of likely N-dealkylation sites (tertiary alicyclic amines) is 1. The summed E-state index contributed by atoms with van der Waals surface area (Å²) in [6, 6.07) is 9.38. The van der Waals surface area contributed by atoms with Gasteiger partial charge in [0.1, 0.15) is 6.61 Å². The molecule has 0 spiro atoms. The first-order chi connectivity index (χ1) is 8.81. The lowest BCUT2D eigenvalue weighted by Crippen LogP contribution is -2.40. The topological polar surface area (TPSA) is 29.5 Å². The van der Waals surface area contributed by atoms with Gasteiger partial charge in [0.2, 0.25) is 0 Å². The number of nitrogens with zero attached hydrogens (tertiary/aromatic N) is 1. The third-order valence-electron chi connectivity index (χ3n) is 3.15. The lowest BCUT2D eigenvalue weighted by molar-refractivity contribution is 0.0231. The molecule has 1 aliphatic heterocycles. The zero-order valence-electron chi connectivity index (χ0n) is 10.3. The molecule has 18 heavy (non-hydrogen) atoms. The van der Waals surface area contributed by atoms with Crippen LogP contribution >= 0.6 is 0 Å². The van der Waals surface area contributed by atoms with Crippen molar-refractivity contribution >= 4 is 5.91 Å². The van der Waals surface area contributed by atoms with Crippen molar-refractivity contribution in [3.8, 4) is 12.3 Å². The number of hydrogen-bond donors (Lipinski definition) is 0. The van der Waals surface area contributed by atoms with Gasteiger partial charge < -0.3 is 9.64 Å². The molecule has 0 N–H and O–H groups in total. The van der Waals surface area contributed by atoms with Crippen molar-refractivity contribution < 1.29 is 9.53 Å². The fraction of sp³-hybridized carbons (Fsp3) is 0.400. The van der Waals surface area contributed by atoms with E-state index in [1.165, 1.54) is 0 Å². The molecule has 3 heteroatoms. The number of hydrogen-bond acceptors (Lipinski definition) is 2. The fourth-order valence-electron chi connectivity index (χ4n) is 2.15. The number of benzene rings is 1. The van der Waals surface area contributed by atoms with Gasteiger partial charge in [-0.15, -0.1) is 6.42 Å². The van der Waals surface area contributed by atoms with Crippen molar-refractivity contribution in [3.63, 3.8) is 0 Å². The first-order valence-corrected chi connectivity index (χ1v) is 6.20. The van der Waals surface area contributed by atoms with Crippen LogP contribution in [-0.4, -0.2) is 36.6 Å². The molecule has 1 aromatic carbocycles. The molecule has 0 radical (unpaired) electrons. The molecule has 1 heterocycles. The van der Waals surface area contributed by atoms with Gasteiger partial charge in [-0.3, -0.25) is 4.79 Å². The first-order valence-electron chi connectivity index (χ1n) is 6.20. The number of piperidine rings is 1. The Morgan fingerprint density at radius 2 is 2.00 bits per heavy atom. The van der Waals surface area contributed by atoms with Crippen molar-refractivity contribution in [1.82, 2.24) is 4.90 Å². The van der Waals surface area contributed by atoms with Crippen LogP contribution in [0.4, 0.5) is 0 Å². The number of carbonyl (C=O) groups is 1. The average molecular weight is 243 g/mol. The van der Waals surface area contributed by atoms with E-state index >= 15 is 0 Å². The highest BCUT2D eigenvalue weighted by Crippen LogP contribution is 2.16. The van der Waals surface area contributed by atoms with E-state index in [1.807, 2.05) is 35.2 Å². The zero-order chi connectivity index (χ0) is 12.8. The van der Waals surface area contributed by atoms with Crippen molar-refractivity contribution in [2.45, 2.75) is 18.9 Å². The molecule has 1 saturated heterocycles. The van der Waals surface area contributed by atoms with Gasteiger partial charge in [0.25, 0.3) is 5.91 Å². The number of ether oxygens (including phenoxy) is 1. The summed E-state index contributed by atoms with van der Waals surface area (Å²) in [5, 5.41) is 0. The molecule has 0 aliphatic carbocycles. The minimum Gasteiger partial charge on any atom is -0.365 e. The largest absolute Gasteiger partial charge is 0.365 e. The Hall–Kier alpha value is -1.79. The molecule has 0 unspecified atom stereocenters. The van der Waals surface area contributed by atoms with Crippen LogP contribution in [0, 0.1) is 12.3 Å². The van der Waals surface area contributed by atoms with Crippen LogP contribution in [0.25, 0.3) is 0 Å². The average Bonchev–Trinajstić information content (AvgIpc) is 2.46. The Labute approximate surface area is 108 Å². The van der Waals surface area contributed by atoms with Crippen LogP contribution in [0.2, 0.25) is 0 Å². The van der Waals surface area contributed by atoms with Gasteiger partial charge in [0.15, 0.2) is 0 Å². The van der Waals surface area contributed by atoms with Crippen molar-refractivity contribution in [2.24, 2.45) is 0 Å². The molecule has 1 fully saturated rings. The van der Waals surface area contributed by atoms with E-state index in [0.29, 0.717) is 6.61 Å². The number of carbonyl (C=O) groups excluding carboxylic acids is 1. The quantitative estimate of drug-likeness (QED) is 0.759. The van der Waals surface area contributed by atoms with Crippen molar-refractivity contribution in [3.05, 3.63) is 35.9 Å². The first kappa shape index (κ1) is 12.7. The lowest BCUT2D eigenvalue weighted by Gasteiger charge is -2.31. The highest BCUT2D eigenvalue weighted by atomic mass is 16.5. The molecule has 0 atom stereocenters. The highest BCUT2D eigenvalue weighted by Gasteiger charge is 2.23. The molecule has 0 aromatic heterocycles. The molecular formula is C15H17NO2. The van der Waals surface area contributed by atoms with Gasteiger partial charge >= 0.3 is 0 Å². The predicted octanol–water partition coefficient (Wildman–Crippen LogP) is 1.94. The summed E-state index contributed by atoms with van der Waals surface area (Å²) in [5.41, 5.74) is 0.750. The summed E-state index contributed by atoms with van der Waals surface area (Å²) < 4.78 is 5.49. The minimum atomic E-state index is 0.103. The van der Waals surface area contributed by atoms with E-state index in [4.69, 9.17) is 11.2 Å². The number of rotatable bonds is 3. The third kappa shape index (κ3) is 3.12. The van der Waals surface area contributed by atoms with E-state index < -0.39 is 0 Å². The van der Waals surface area contributed by atoms with Crippen molar-refractivity contribution in [2.75, 3.05) is 19.7 Å². The van der Waals surface area contributed by atoms with Gasteiger partial charge in [-0.1, -0.05) is 24.1 Å². The molecule has 2 rings (SSSR count). The summed E-state index contributed by atoms with van der Waals surface area (Å²) in [5.74, 6) is 2.57. The standard InChI is InChI=1S/C15H17NO2/c1-2-12-18-14-8-10-16(11-9-14)15(17)13-6-4-3-5-7-13/h1,3-7,14H,8-12H2. The Kier molecular flexibility index (Phi) is 4.38. The molecule has 0 saturated carbocycles. The Morgan fingerprint density at radius 3 is 2.61 bits per heavy atom. The Morgan fingerprint density at radius 1 is 1.33 bits per heavy atom. The summed E-state index contributed by atoms with van der Waals surface area (Å²) in [7, 11) is 0. The summed E-state index contributed by atoms with van der Waals surface area (Å²) >= 11 is 0. The molecular weight excluding hydrogens is 226 g/mol.